The van der Waals surface area contributed by atoms with Crippen LogP contribution in [-0.4, -0.2) is 18.5 Å². The van der Waals surface area contributed by atoms with Crippen LogP contribution in [0.1, 0.15) is 15.9 Å². The Hall–Kier alpha value is -2.49. The number of carbonyl (C=O) groups excluding carboxylic acids is 1. The van der Waals surface area contributed by atoms with Gasteiger partial charge in [0.1, 0.15) is 12.9 Å². The summed E-state index contributed by atoms with van der Waals surface area (Å²) in [5.74, 6) is 0.451. The van der Waals surface area contributed by atoms with Crippen LogP contribution < -0.4 is 9.47 Å². The Kier molecular flexibility index (Phi) is 4.03. The number of phenolic OH excluding ortho intramolecular Hbond substituents is 1. The van der Waals surface area contributed by atoms with Gasteiger partial charge in [0.05, 0.1) is 7.11 Å². The highest BCUT2D eigenvalue weighted by Gasteiger charge is 2.12. The van der Waals surface area contributed by atoms with E-state index in [9.17, 15) is 9.90 Å². The van der Waals surface area contributed by atoms with E-state index in [-0.39, 0.29) is 11.5 Å². The number of rotatable bonds is 5. The number of benzene rings is 2. The van der Waals surface area contributed by atoms with Crippen molar-refractivity contribution < 1.29 is 19.4 Å². The van der Waals surface area contributed by atoms with E-state index in [2.05, 4.69) is 0 Å². The SMILES string of the molecule is COc1cc(C=O)cc(O)c1OCc1ccccc1. The quantitative estimate of drug-likeness (QED) is 0.838. The Balaban J connectivity index is 2.22. The molecule has 0 saturated carbocycles. The first-order valence-electron chi connectivity index (χ1n) is 5.77. The van der Waals surface area contributed by atoms with Gasteiger partial charge in [-0.3, -0.25) is 4.79 Å². The number of ether oxygens (including phenoxy) is 2. The number of hydrogen-bond donors (Lipinski definition) is 1. The van der Waals surface area contributed by atoms with Gasteiger partial charge in [-0.1, -0.05) is 30.3 Å². The van der Waals surface area contributed by atoms with Crippen LogP contribution in [0.5, 0.6) is 17.2 Å². The van der Waals surface area contributed by atoms with Crippen molar-refractivity contribution in [2.24, 2.45) is 0 Å². The summed E-state index contributed by atoms with van der Waals surface area (Å²) in [5, 5.41) is 9.85. The van der Waals surface area contributed by atoms with Crippen LogP contribution >= 0.6 is 0 Å². The lowest BCUT2D eigenvalue weighted by atomic mass is 10.2. The molecule has 0 atom stereocenters. The van der Waals surface area contributed by atoms with Gasteiger partial charge in [0, 0.05) is 5.56 Å². The summed E-state index contributed by atoms with van der Waals surface area (Å²) in [6, 6.07) is 12.4. The molecule has 0 unspecified atom stereocenters. The number of aldehydes is 1. The van der Waals surface area contributed by atoms with Gasteiger partial charge in [-0.15, -0.1) is 0 Å². The highest BCUT2D eigenvalue weighted by molar-refractivity contribution is 5.78. The lowest BCUT2D eigenvalue weighted by Gasteiger charge is -2.12. The van der Waals surface area contributed by atoms with Gasteiger partial charge in [-0.25, -0.2) is 0 Å². The summed E-state index contributed by atoms with van der Waals surface area (Å²) in [6.45, 7) is 0.311. The fraction of sp³-hybridized carbons (Fsp3) is 0.133. The molecule has 98 valence electrons. The van der Waals surface area contributed by atoms with E-state index in [0.29, 0.717) is 24.2 Å². The zero-order valence-corrected chi connectivity index (χ0v) is 10.5. The van der Waals surface area contributed by atoms with Crippen LogP contribution in [0.15, 0.2) is 42.5 Å². The Bertz CT molecular complexity index is 564. The van der Waals surface area contributed by atoms with E-state index in [1.807, 2.05) is 30.3 Å². The fourth-order valence-corrected chi connectivity index (χ4v) is 1.70. The standard InChI is InChI=1S/C15H14O4/c1-18-14-8-12(9-16)7-13(17)15(14)19-10-11-5-3-2-4-6-11/h2-9,17H,10H2,1H3. The molecule has 2 rings (SSSR count). The van der Waals surface area contributed by atoms with Crippen LogP contribution in [0, 0.1) is 0 Å². The molecule has 0 amide bonds. The molecule has 4 nitrogen and oxygen atoms in total. The van der Waals surface area contributed by atoms with E-state index in [1.165, 1.54) is 19.2 Å². The maximum atomic E-state index is 10.7. The monoisotopic (exact) mass is 258 g/mol. The number of methoxy groups -OCH3 is 1. The van der Waals surface area contributed by atoms with Crippen LogP contribution in [0.3, 0.4) is 0 Å². The minimum Gasteiger partial charge on any atom is -0.504 e. The summed E-state index contributed by atoms with van der Waals surface area (Å²) in [4.78, 5) is 10.7. The molecule has 0 bridgehead atoms. The van der Waals surface area contributed by atoms with Crippen LogP contribution in [0.2, 0.25) is 0 Å². The van der Waals surface area contributed by atoms with Crippen molar-refractivity contribution in [1.82, 2.24) is 0 Å². The molecule has 1 N–H and O–H groups in total. The van der Waals surface area contributed by atoms with Crippen molar-refractivity contribution in [1.29, 1.82) is 0 Å². The first-order valence-corrected chi connectivity index (χ1v) is 5.77. The van der Waals surface area contributed by atoms with Crippen LogP contribution in [-0.2, 0) is 6.61 Å². The van der Waals surface area contributed by atoms with Crippen molar-refractivity contribution in [3.8, 4) is 17.2 Å². The molecular weight excluding hydrogens is 244 g/mol. The van der Waals surface area contributed by atoms with Gasteiger partial charge < -0.3 is 14.6 Å². The van der Waals surface area contributed by atoms with Crippen molar-refractivity contribution in [3.63, 3.8) is 0 Å². The maximum absolute atomic E-state index is 10.7. The minimum absolute atomic E-state index is 0.114. The third-order valence-electron chi connectivity index (χ3n) is 2.64. The second-order valence-corrected chi connectivity index (χ2v) is 3.96. The fourth-order valence-electron chi connectivity index (χ4n) is 1.70. The minimum atomic E-state index is -0.114. The third-order valence-corrected chi connectivity index (χ3v) is 2.64. The van der Waals surface area contributed by atoms with Crippen molar-refractivity contribution in [2.45, 2.75) is 6.61 Å². The van der Waals surface area contributed by atoms with E-state index >= 15 is 0 Å². The zero-order valence-electron chi connectivity index (χ0n) is 10.5. The normalized spacial score (nSPS) is 9.95. The predicted octanol–water partition coefficient (Wildman–Crippen LogP) is 2.79. The largest absolute Gasteiger partial charge is 0.504 e. The summed E-state index contributed by atoms with van der Waals surface area (Å²) in [5.41, 5.74) is 1.31. The molecular formula is C15H14O4. The molecule has 0 aromatic heterocycles. The second-order valence-electron chi connectivity index (χ2n) is 3.96. The third kappa shape index (κ3) is 3.04. The van der Waals surface area contributed by atoms with Gasteiger partial charge >= 0.3 is 0 Å². The lowest BCUT2D eigenvalue weighted by molar-refractivity contribution is 0.112. The van der Waals surface area contributed by atoms with E-state index in [0.717, 1.165) is 5.56 Å². The number of hydrogen-bond acceptors (Lipinski definition) is 4. The smallest absolute Gasteiger partial charge is 0.203 e. The second kappa shape index (κ2) is 5.91. The Morgan fingerprint density at radius 3 is 2.58 bits per heavy atom. The molecule has 0 aliphatic carbocycles. The van der Waals surface area contributed by atoms with Gasteiger partial charge in [0.2, 0.25) is 5.75 Å². The molecule has 2 aromatic rings. The van der Waals surface area contributed by atoms with Crippen molar-refractivity contribution in [2.75, 3.05) is 7.11 Å². The molecule has 0 aliphatic heterocycles. The van der Waals surface area contributed by atoms with Crippen LogP contribution in [0.4, 0.5) is 0 Å². The molecule has 0 aliphatic rings. The summed E-state index contributed by atoms with van der Waals surface area (Å²) < 4.78 is 10.7. The van der Waals surface area contributed by atoms with Gasteiger partial charge in [-0.05, 0) is 17.7 Å². The topological polar surface area (TPSA) is 55.8 Å². The number of aromatic hydroxyl groups is 1. The molecule has 2 aromatic carbocycles. The predicted molar refractivity (Wildman–Crippen MR) is 70.8 cm³/mol. The first-order chi connectivity index (χ1) is 9.24. The highest BCUT2D eigenvalue weighted by Crippen LogP contribution is 2.37. The Labute approximate surface area is 111 Å². The van der Waals surface area contributed by atoms with E-state index < -0.39 is 0 Å². The highest BCUT2D eigenvalue weighted by atomic mass is 16.5. The maximum Gasteiger partial charge on any atom is 0.203 e. The number of carbonyl (C=O) groups is 1. The zero-order chi connectivity index (χ0) is 13.7. The Morgan fingerprint density at radius 1 is 1.21 bits per heavy atom. The van der Waals surface area contributed by atoms with Crippen molar-refractivity contribution in [3.05, 3.63) is 53.6 Å². The Morgan fingerprint density at radius 2 is 1.95 bits per heavy atom. The van der Waals surface area contributed by atoms with Gasteiger partial charge in [0.15, 0.2) is 11.5 Å². The van der Waals surface area contributed by atoms with E-state index in [1.54, 1.807) is 0 Å². The molecule has 0 radical (unpaired) electrons. The molecule has 0 fully saturated rings. The summed E-state index contributed by atoms with van der Waals surface area (Å²) in [7, 11) is 1.46. The average Bonchev–Trinajstić information content (AvgIpc) is 2.46. The first kappa shape index (κ1) is 13.0. The summed E-state index contributed by atoms with van der Waals surface area (Å²) in [6.07, 6.45) is 0.642. The van der Waals surface area contributed by atoms with Crippen LogP contribution in [0.25, 0.3) is 0 Å². The molecule has 19 heavy (non-hydrogen) atoms. The molecule has 4 heteroatoms. The van der Waals surface area contributed by atoms with Crippen molar-refractivity contribution >= 4 is 6.29 Å². The molecule has 0 heterocycles. The van der Waals surface area contributed by atoms with Gasteiger partial charge in [0.25, 0.3) is 0 Å². The van der Waals surface area contributed by atoms with Gasteiger partial charge in [-0.2, -0.15) is 0 Å². The number of phenols is 1. The van der Waals surface area contributed by atoms with E-state index in [4.69, 9.17) is 9.47 Å². The molecule has 0 saturated heterocycles. The lowest BCUT2D eigenvalue weighted by Crippen LogP contribution is -1.98. The average molecular weight is 258 g/mol. The molecule has 0 spiro atoms. The summed E-state index contributed by atoms with van der Waals surface area (Å²) >= 11 is 0.